The van der Waals surface area contributed by atoms with E-state index in [4.69, 9.17) is 11.0 Å². The molecule has 0 N–H and O–H groups in total. The number of hydrogen-bond donors (Lipinski definition) is 0. The van der Waals surface area contributed by atoms with Crippen LogP contribution in [0, 0.1) is 0 Å². The Kier molecular flexibility index (Phi) is 1.93. The number of rotatable bonds is 3. The summed E-state index contributed by atoms with van der Waals surface area (Å²) >= 11 is 1.22. The van der Waals surface area contributed by atoms with Gasteiger partial charge < -0.3 is 9.80 Å². The molecule has 0 amide bonds. The minimum absolute atomic E-state index is 0.171. The van der Waals surface area contributed by atoms with Crippen LogP contribution in [-0.4, -0.2) is 31.6 Å². The van der Waals surface area contributed by atoms with Crippen LogP contribution in [0.1, 0.15) is 17.8 Å². The topological polar surface area (TPSA) is 6.48 Å². The Hall–Kier alpha value is -1.45. The highest BCUT2D eigenvalue weighted by Crippen LogP contribution is 2.47. The van der Waals surface area contributed by atoms with Crippen LogP contribution in [0.5, 0.6) is 0 Å². The molecule has 20 heavy (non-hydrogen) atoms. The smallest absolute Gasteiger partial charge is 0.0645 e. The van der Waals surface area contributed by atoms with Gasteiger partial charge in [-0.25, -0.2) is 0 Å². The standard InChI is InChI=1S/C17H20N2S/c1-13(18(2)3)12-19-14-8-4-6-10-16(14)20-17-11-7-5-9-15(17)19/h4-11,13H,12H2,1-3H3/i1D3,4D,6D,8D,10D,13D. The summed E-state index contributed by atoms with van der Waals surface area (Å²) in [5.74, 6) is 0. The van der Waals surface area contributed by atoms with Crippen LogP contribution in [0.4, 0.5) is 11.4 Å². The molecule has 1 aliphatic rings. The third kappa shape index (κ3) is 2.43. The number of nitrogens with zero attached hydrogens (tertiary/aromatic N) is 2. The Morgan fingerprint density at radius 2 is 2.05 bits per heavy atom. The molecular formula is C17H20N2S. The first-order valence-corrected chi connectivity index (χ1v) is 7.04. The lowest BCUT2D eigenvalue weighted by atomic mass is 10.2. The summed E-state index contributed by atoms with van der Waals surface area (Å²) in [6.07, 6.45) is 0. The van der Waals surface area contributed by atoms with Gasteiger partial charge in [0.2, 0.25) is 0 Å². The summed E-state index contributed by atoms with van der Waals surface area (Å²) in [6, 6.07) is 4.04. The number of anilines is 2. The van der Waals surface area contributed by atoms with Crippen molar-refractivity contribution in [2.45, 2.75) is 22.7 Å². The lowest BCUT2D eigenvalue weighted by Crippen LogP contribution is -2.37. The van der Waals surface area contributed by atoms with Crippen LogP contribution >= 0.6 is 11.8 Å². The van der Waals surface area contributed by atoms with Gasteiger partial charge in [-0.15, -0.1) is 0 Å². The first kappa shape index (κ1) is 7.01. The summed E-state index contributed by atoms with van der Waals surface area (Å²) in [5, 5.41) is 0. The van der Waals surface area contributed by atoms with Gasteiger partial charge in [0.1, 0.15) is 0 Å². The van der Waals surface area contributed by atoms with E-state index in [0.29, 0.717) is 10.6 Å². The molecule has 3 heteroatoms. The first-order valence-electron chi connectivity index (χ1n) is 10.2. The highest BCUT2D eigenvalue weighted by Gasteiger charge is 2.24. The number of fused-ring (bicyclic) bond motifs is 2. The molecule has 0 aromatic heterocycles. The second-order valence-electron chi connectivity index (χ2n) is 4.67. The largest absolute Gasteiger partial charge is 0.338 e. The fourth-order valence-corrected chi connectivity index (χ4v) is 3.02. The van der Waals surface area contributed by atoms with Gasteiger partial charge >= 0.3 is 0 Å². The van der Waals surface area contributed by atoms with E-state index in [1.807, 2.05) is 12.1 Å². The van der Waals surface area contributed by atoms with E-state index in [-0.39, 0.29) is 36.4 Å². The highest BCUT2D eigenvalue weighted by molar-refractivity contribution is 7.99. The lowest BCUT2D eigenvalue weighted by Gasteiger charge is -2.36. The van der Waals surface area contributed by atoms with Crippen molar-refractivity contribution in [2.24, 2.45) is 0 Å². The SMILES string of the molecule is [2H]c1c([2H])c([2H])c2c(c1[2H])Sc1ccccc1N2CC([2H])(N(C)C)C([2H])([2H])[2H]. The maximum atomic E-state index is 8.69. The van der Waals surface area contributed by atoms with Crippen molar-refractivity contribution in [3.8, 4) is 0 Å². The molecule has 3 rings (SSSR count). The molecule has 0 aliphatic carbocycles. The monoisotopic (exact) mass is 292 g/mol. The quantitative estimate of drug-likeness (QED) is 0.835. The molecule has 1 heterocycles. The van der Waals surface area contributed by atoms with Gasteiger partial charge in [0, 0.05) is 27.8 Å². The Bertz CT molecular complexity index is 930. The maximum Gasteiger partial charge on any atom is 0.0645 e. The Morgan fingerprint density at radius 1 is 1.25 bits per heavy atom. The molecule has 0 saturated carbocycles. The van der Waals surface area contributed by atoms with Gasteiger partial charge in [0.05, 0.1) is 16.9 Å². The molecular weight excluding hydrogens is 264 g/mol. The summed E-state index contributed by atoms with van der Waals surface area (Å²) < 4.78 is 65.0. The van der Waals surface area contributed by atoms with E-state index in [2.05, 4.69) is 0 Å². The third-order valence-electron chi connectivity index (χ3n) is 3.12. The molecule has 2 nitrogen and oxygen atoms in total. The average Bonchev–Trinajstić information content (AvgIpc) is 2.63. The molecule has 2 aromatic carbocycles. The molecule has 0 spiro atoms. The van der Waals surface area contributed by atoms with Crippen LogP contribution in [0.25, 0.3) is 0 Å². The van der Waals surface area contributed by atoms with Crippen LogP contribution in [0.2, 0.25) is 0 Å². The van der Waals surface area contributed by atoms with Crippen LogP contribution < -0.4 is 4.90 Å². The van der Waals surface area contributed by atoms with Crippen molar-refractivity contribution < 1.29 is 11.0 Å². The molecule has 1 atom stereocenters. The van der Waals surface area contributed by atoms with Crippen molar-refractivity contribution in [2.75, 3.05) is 25.5 Å². The molecule has 0 radical (unpaired) electrons. The third-order valence-corrected chi connectivity index (χ3v) is 4.18. The van der Waals surface area contributed by atoms with Gasteiger partial charge in [-0.3, -0.25) is 0 Å². The zero-order chi connectivity index (χ0) is 21.0. The predicted octanol–water partition coefficient (Wildman–Crippen LogP) is 4.24. The van der Waals surface area contributed by atoms with Crippen LogP contribution in [0.15, 0.2) is 58.2 Å². The van der Waals surface area contributed by atoms with Gasteiger partial charge in [-0.2, -0.15) is 0 Å². The molecule has 2 aromatic rings. The van der Waals surface area contributed by atoms with E-state index in [1.165, 1.54) is 30.8 Å². The van der Waals surface area contributed by atoms with Crippen LogP contribution in [0.3, 0.4) is 0 Å². The van der Waals surface area contributed by atoms with E-state index >= 15 is 0 Å². The lowest BCUT2D eigenvalue weighted by molar-refractivity contribution is 0.319. The first-order chi connectivity index (χ1) is 12.9. The highest BCUT2D eigenvalue weighted by atomic mass is 32.2. The second-order valence-corrected chi connectivity index (χ2v) is 5.73. The molecule has 1 unspecified atom stereocenters. The fourth-order valence-electron chi connectivity index (χ4n) is 2.01. The number of likely N-dealkylation sites (N-methyl/N-ethyl adjacent to an activating group) is 1. The van der Waals surface area contributed by atoms with E-state index < -0.39 is 12.9 Å². The van der Waals surface area contributed by atoms with Gasteiger partial charge in [0.15, 0.2) is 0 Å². The normalized spacial score (nSPS) is 22.9. The van der Waals surface area contributed by atoms with Crippen molar-refractivity contribution in [1.82, 2.24) is 4.90 Å². The summed E-state index contributed by atoms with van der Waals surface area (Å²) in [5.41, 5.74) is 0.824. The van der Waals surface area contributed by atoms with Gasteiger partial charge in [-0.1, -0.05) is 36.0 Å². The second kappa shape index (κ2) is 5.51. The minimum atomic E-state index is -2.64. The molecule has 1 aliphatic heterocycles. The van der Waals surface area contributed by atoms with E-state index in [9.17, 15) is 0 Å². The minimum Gasteiger partial charge on any atom is -0.338 e. The number of para-hydroxylation sites is 2. The van der Waals surface area contributed by atoms with Crippen molar-refractivity contribution in [1.29, 1.82) is 0 Å². The fraction of sp³-hybridized carbons (Fsp3) is 0.294. The Morgan fingerprint density at radius 3 is 2.85 bits per heavy atom. The number of benzene rings is 2. The summed E-state index contributed by atoms with van der Waals surface area (Å²) in [4.78, 5) is 3.93. The van der Waals surface area contributed by atoms with Crippen LogP contribution in [-0.2, 0) is 0 Å². The predicted molar refractivity (Wildman–Crippen MR) is 87.2 cm³/mol. The number of hydrogen-bond acceptors (Lipinski definition) is 3. The zero-order valence-corrected chi connectivity index (χ0v) is 12.1. The molecule has 0 fully saturated rings. The molecule has 0 saturated heterocycles. The van der Waals surface area contributed by atoms with E-state index in [0.717, 1.165) is 4.90 Å². The maximum absolute atomic E-state index is 8.69. The molecule has 0 bridgehead atoms. The van der Waals surface area contributed by atoms with Crippen molar-refractivity contribution in [3.63, 3.8) is 0 Å². The average molecular weight is 292 g/mol. The van der Waals surface area contributed by atoms with Gasteiger partial charge in [0.25, 0.3) is 0 Å². The van der Waals surface area contributed by atoms with Crippen molar-refractivity contribution >= 4 is 23.1 Å². The van der Waals surface area contributed by atoms with Gasteiger partial charge in [-0.05, 0) is 45.2 Å². The van der Waals surface area contributed by atoms with Crippen molar-refractivity contribution in [3.05, 3.63) is 48.4 Å². The summed E-state index contributed by atoms with van der Waals surface area (Å²) in [6.45, 7) is -2.93. The summed E-state index contributed by atoms with van der Waals surface area (Å²) in [7, 11) is 3.04. The van der Waals surface area contributed by atoms with E-state index in [1.54, 1.807) is 17.0 Å². The Labute approximate surface area is 136 Å². The zero-order valence-electron chi connectivity index (χ0n) is 19.3. The Balaban J connectivity index is 2.28. The molecule has 104 valence electrons.